The van der Waals surface area contributed by atoms with Crippen LogP contribution in [0.4, 0.5) is 0 Å². The van der Waals surface area contributed by atoms with E-state index in [-0.39, 0.29) is 6.79 Å². The maximum absolute atomic E-state index is 9.22. The van der Waals surface area contributed by atoms with Crippen molar-refractivity contribution in [2.45, 2.75) is 6.54 Å². The second-order valence-electron chi connectivity index (χ2n) is 4.97. The highest BCUT2D eigenvalue weighted by Crippen LogP contribution is 2.29. The minimum Gasteiger partial charge on any atom is -0.465 e. The Kier molecular flexibility index (Phi) is 4.69. The number of nitrogens with zero attached hydrogens (tertiary/aromatic N) is 6. The molecule has 9 nitrogen and oxygen atoms in total. The van der Waals surface area contributed by atoms with Crippen molar-refractivity contribution in [3.8, 4) is 23.1 Å². The van der Waals surface area contributed by atoms with Crippen LogP contribution in [0.5, 0.6) is 5.75 Å². The van der Waals surface area contributed by atoms with Crippen LogP contribution in [0.1, 0.15) is 5.56 Å². The van der Waals surface area contributed by atoms with Crippen LogP contribution in [0.2, 0.25) is 0 Å². The Morgan fingerprint density at radius 3 is 2.88 bits per heavy atom. The first-order valence-electron chi connectivity index (χ1n) is 7.19. The maximum Gasteiger partial charge on any atom is 0.188 e. The van der Waals surface area contributed by atoms with Crippen LogP contribution >= 0.6 is 0 Å². The third kappa shape index (κ3) is 3.05. The van der Waals surface area contributed by atoms with E-state index < -0.39 is 0 Å². The predicted molar refractivity (Wildman–Crippen MR) is 83.3 cm³/mol. The molecule has 3 aromatic rings. The van der Waals surface area contributed by atoms with E-state index in [2.05, 4.69) is 21.5 Å². The van der Waals surface area contributed by atoms with E-state index in [0.717, 1.165) is 5.56 Å². The van der Waals surface area contributed by atoms with Crippen LogP contribution in [-0.4, -0.2) is 52.2 Å². The first kappa shape index (κ1) is 15.9. The smallest absolute Gasteiger partial charge is 0.188 e. The van der Waals surface area contributed by atoms with Crippen LogP contribution in [-0.2, 0) is 16.0 Å². The van der Waals surface area contributed by atoms with E-state index in [1.807, 2.05) is 6.20 Å². The molecule has 24 heavy (non-hydrogen) atoms. The van der Waals surface area contributed by atoms with Crippen molar-refractivity contribution < 1.29 is 14.2 Å². The van der Waals surface area contributed by atoms with Gasteiger partial charge in [-0.3, -0.25) is 0 Å². The fraction of sp³-hybridized carbons (Fsp3) is 0.333. The molecule has 0 aliphatic carbocycles. The van der Waals surface area contributed by atoms with Gasteiger partial charge in [-0.05, 0) is 6.07 Å². The van der Waals surface area contributed by atoms with Gasteiger partial charge in [0.15, 0.2) is 6.79 Å². The minimum atomic E-state index is 0.0652. The second-order valence-corrected chi connectivity index (χ2v) is 4.97. The highest BCUT2D eigenvalue weighted by molar-refractivity contribution is 5.74. The third-order valence-electron chi connectivity index (χ3n) is 3.39. The molecule has 0 unspecified atom stereocenters. The Morgan fingerprint density at radius 2 is 2.12 bits per heavy atom. The number of fused-ring (bicyclic) bond motifs is 1. The standard InChI is InChI=1S/C15H16N6O3/c1-22-4-3-20-9-13(18-19-20)11-5-14(24-10-23-2)15-12(6-16)7-17-21(15)8-11/h5,7-9H,3-4,10H2,1-2H3. The summed E-state index contributed by atoms with van der Waals surface area (Å²) in [6.45, 7) is 1.23. The molecule has 0 N–H and O–H groups in total. The largest absolute Gasteiger partial charge is 0.465 e. The Bertz CT molecular complexity index is 879. The lowest BCUT2D eigenvalue weighted by Crippen LogP contribution is -2.04. The fourth-order valence-corrected chi connectivity index (χ4v) is 2.26. The van der Waals surface area contributed by atoms with Crippen molar-refractivity contribution >= 4 is 5.52 Å². The average Bonchev–Trinajstić information content (AvgIpc) is 3.24. The molecule has 0 spiro atoms. The molecule has 3 heterocycles. The van der Waals surface area contributed by atoms with E-state index in [9.17, 15) is 5.26 Å². The Hall–Kier alpha value is -2.96. The summed E-state index contributed by atoms with van der Waals surface area (Å²) >= 11 is 0. The highest BCUT2D eigenvalue weighted by atomic mass is 16.7. The van der Waals surface area contributed by atoms with Gasteiger partial charge in [0.2, 0.25) is 0 Å². The molecule has 0 saturated carbocycles. The van der Waals surface area contributed by atoms with Crippen molar-refractivity contribution in [2.24, 2.45) is 0 Å². The van der Waals surface area contributed by atoms with Crippen LogP contribution in [0, 0.1) is 11.3 Å². The molecule has 0 fully saturated rings. The molecule has 0 atom stereocenters. The van der Waals surface area contributed by atoms with Crippen molar-refractivity contribution in [1.82, 2.24) is 24.6 Å². The molecule has 0 aliphatic rings. The number of pyridine rings is 1. The monoisotopic (exact) mass is 328 g/mol. The summed E-state index contributed by atoms with van der Waals surface area (Å²) in [4.78, 5) is 0. The van der Waals surface area contributed by atoms with E-state index in [0.29, 0.717) is 35.7 Å². The first-order valence-corrected chi connectivity index (χ1v) is 7.19. The number of ether oxygens (including phenoxy) is 3. The van der Waals surface area contributed by atoms with E-state index in [1.165, 1.54) is 13.3 Å². The molecule has 0 aliphatic heterocycles. The quantitative estimate of drug-likeness (QED) is 0.599. The zero-order chi connectivity index (χ0) is 16.9. The molecule has 3 aromatic heterocycles. The van der Waals surface area contributed by atoms with E-state index >= 15 is 0 Å². The third-order valence-corrected chi connectivity index (χ3v) is 3.39. The van der Waals surface area contributed by atoms with Crippen LogP contribution in [0.15, 0.2) is 24.7 Å². The maximum atomic E-state index is 9.22. The van der Waals surface area contributed by atoms with Gasteiger partial charge >= 0.3 is 0 Å². The van der Waals surface area contributed by atoms with Crippen molar-refractivity contribution in [3.05, 3.63) is 30.2 Å². The van der Waals surface area contributed by atoms with Crippen molar-refractivity contribution in [3.63, 3.8) is 0 Å². The zero-order valence-corrected chi connectivity index (χ0v) is 13.3. The predicted octanol–water partition coefficient (Wildman–Crippen LogP) is 1.09. The Labute approximate surface area is 138 Å². The van der Waals surface area contributed by atoms with Crippen LogP contribution in [0.25, 0.3) is 16.8 Å². The van der Waals surface area contributed by atoms with Crippen molar-refractivity contribution in [1.29, 1.82) is 5.26 Å². The molecule has 0 aromatic carbocycles. The van der Waals surface area contributed by atoms with E-state index in [1.54, 1.807) is 28.6 Å². The number of aromatic nitrogens is 5. The van der Waals surface area contributed by atoms with Gasteiger partial charge in [-0.1, -0.05) is 5.21 Å². The molecule has 0 saturated heterocycles. The Morgan fingerprint density at radius 1 is 1.25 bits per heavy atom. The van der Waals surface area contributed by atoms with Crippen molar-refractivity contribution in [2.75, 3.05) is 27.6 Å². The van der Waals surface area contributed by atoms with Crippen LogP contribution in [0.3, 0.4) is 0 Å². The number of methoxy groups -OCH3 is 2. The summed E-state index contributed by atoms with van der Waals surface area (Å²) < 4.78 is 18.9. The van der Waals surface area contributed by atoms with Gasteiger partial charge in [-0.2, -0.15) is 10.4 Å². The average molecular weight is 328 g/mol. The Balaban J connectivity index is 2.02. The summed E-state index contributed by atoms with van der Waals surface area (Å²) in [5, 5.41) is 21.6. The zero-order valence-electron chi connectivity index (χ0n) is 13.3. The number of hydrogen-bond acceptors (Lipinski definition) is 7. The van der Waals surface area contributed by atoms with Gasteiger partial charge in [-0.25, -0.2) is 9.20 Å². The molecular formula is C15H16N6O3. The lowest BCUT2D eigenvalue weighted by atomic mass is 10.2. The number of rotatable bonds is 7. The molecule has 3 rings (SSSR count). The molecule has 0 amide bonds. The first-order chi connectivity index (χ1) is 11.8. The fourth-order valence-electron chi connectivity index (χ4n) is 2.26. The topological polar surface area (TPSA) is 99.5 Å². The summed E-state index contributed by atoms with van der Waals surface area (Å²) in [6, 6.07) is 3.90. The van der Waals surface area contributed by atoms with Gasteiger partial charge in [0, 0.05) is 26.0 Å². The summed E-state index contributed by atoms with van der Waals surface area (Å²) in [5.41, 5.74) is 2.45. The summed E-state index contributed by atoms with van der Waals surface area (Å²) in [7, 11) is 3.17. The molecule has 0 bridgehead atoms. The molecule has 0 radical (unpaired) electrons. The normalized spacial score (nSPS) is 10.9. The SMILES string of the molecule is COCCn1cc(-c2cc(OCOC)c3c(C#N)cnn3c2)nn1. The second kappa shape index (κ2) is 7.08. The number of hydrogen-bond donors (Lipinski definition) is 0. The molecule has 9 heteroatoms. The lowest BCUT2D eigenvalue weighted by Gasteiger charge is -2.08. The lowest BCUT2D eigenvalue weighted by molar-refractivity contribution is 0.0520. The summed E-state index contributed by atoms with van der Waals surface area (Å²) in [5.74, 6) is 0.495. The van der Waals surface area contributed by atoms with Gasteiger partial charge in [0.1, 0.15) is 28.6 Å². The molecule has 124 valence electrons. The molecular weight excluding hydrogens is 312 g/mol. The minimum absolute atomic E-state index is 0.0652. The van der Waals surface area contributed by atoms with Gasteiger partial charge in [-0.15, -0.1) is 5.10 Å². The van der Waals surface area contributed by atoms with Gasteiger partial charge in [0.25, 0.3) is 0 Å². The van der Waals surface area contributed by atoms with E-state index in [4.69, 9.17) is 14.2 Å². The van der Waals surface area contributed by atoms with Gasteiger partial charge < -0.3 is 14.2 Å². The summed E-state index contributed by atoms with van der Waals surface area (Å²) in [6.07, 6.45) is 5.09. The van der Waals surface area contributed by atoms with Gasteiger partial charge in [0.05, 0.1) is 25.5 Å². The van der Waals surface area contributed by atoms with Crippen LogP contribution < -0.4 is 4.74 Å². The number of nitriles is 1. The highest BCUT2D eigenvalue weighted by Gasteiger charge is 2.14.